The van der Waals surface area contributed by atoms with Crippen molar-refractivity contribution >= 4 is 60.2 Å². The second-order valence-electron chi connectivity index (χ2n) is 20.0. The molecule has 0 amide bonds. The number of aryl methyl sites for hydroxylation is 1. The van der Waals surface area contributed by atoms with E-state index in [1.807, 2.05) is 29.5 Å². The molecule has 6 heteroatoms. The Bertz CT molecular complexity index is 3310. The van der Waals surface area contributed by atoms with Crippen LogP contribution in [0.4, 0.5) is 0 Å². The molecule has 7 aromatic carbocycles. The van der Waals surface area contributed by atoms with Crippen LogP contribution in [-0.4, -0.2) is 27.8 Å². The third kappa shape index (κ3) is 10.0. The molecule has 0 aliphatic rings. The van der Waals surface area contributed by atoms with Crippen molar-refractivity contribution < 1.29 is 20.1 Å². The molecule has 10 rings (SSSR count). The van der Waals surface area contributed by atoms with Crippen molar-refractivity contribution in [3.05, 3.63) is 192 Å². The zero-order valence-corrected chi connectivity index (χ0v) is 46.3. The number of pyridine rings is 1. The van der Waals surface area contributed by atoms with Crippen LogP contribution in [0.1, 0.15) is 75.6 Å². The molecule has 3 aromatic heterocycles. The third-order valence-electron chi connectivity index (χ3n) is 12.8. The minimum absolute atomic E-state index is 0. The van der Waals surface area contributed by atoms with Crippen LogP contribution in [0.3, 0.4) is 0 Å². The number of benzene rings is 7. The van der Waals surface area contributed by atoms with Crippen LogP contribution in [0.15, 0.2) is 158 Å². The molecule has 1 radical (unpaired) electrons. The molecule has 0 spiro atoms. The van der Waals surface area contributed by atoms with Gasteiger partial charge in [-0.2, -0.15) is 11.3 Å². The number of hydrogen-bond donors (Lipinski definition) is 0. The van der Waals surface area contributed by atoms with E-state index in [0.717, 1.165) is 40.1 Å². The second kappa shape index (κ2) is 20.7. The minimum Gasteiger partial charge on any atom is -0.333 e. The van der Waals surface area contributed by atoms with Crippen molar-refractivity contribution in [2.75, 3.05) is 0 Å². The Balaban J connectivity index is 0.000000251. The molecular formula is C62H61GeIrN3S-2. The summed E-state index contributed by atoms with van der Waals surface area (Å²) < 4.78 is 6.50. The molecule has 10 aromatic rings. The maximum Gasteiger partial charge on any atom is 0.0774 e. The second-order valence-corrected chi connectivity index (χ2v) is 31.6. The molecule has 0 atom stereocenters. The van der Waals surface area contributed by atoms with Crippen molar-refractivity contribution in [3.8, 4) is 50.6 Å². The zero-order chi connectivity index (χ0) is 47.0. The Morgan fingerprint density at radius 3 is 1.91 bits per heavy atom. The fourth-order valence-electron chi connectivity index (χ4n) is 9.48. The van der Waals surface area contributed by atoms with Crippen LogP contribution >= 0.6 is 11.3 Å². The Hall–Kier alpha value is -5.43. The first-order valence-corrected chi connectivity index (χ1v) is 32.0. The largest absolute Gasteiger partial charge is 0.333 e. The average molecular weight is 1150 g/mol. The Labute approximate surface area is 424 Å². The van der Waals surface area contributed by atoms with Gasteiger partial charge in [0.05, 0.1) is 16.9 Å². The molecule has 0 saturated carbocycles. The average Bonchev–Trinajstić information content (AvgIpc) is 3.91. The minimum atomic E-state index is -1.86. The van der Waals surface area contributed by atoms with Crippen molar-refractivity contribution in [1.82, 2.24) is 14.5 Å². The Kier molecular flexibility index (Phi) is 14.9. The first kappa shape index (κ1) is 49.0. The molecule has 68 heavy (non-hydrogen) atoms. The van der Waals surface area contributed by atoms with Crippen molar-refractivity contribution in [3.63, 3.8) is 0 Å². The van der Waals surface area contributed by atoms with E-state index in [-0.39, 0.29) is 20.1 Å². The van der Waals surface area contributed by atoms with Crippen molar-refractivity contribution in [2.45, 2.75) is 84.0 Å². The van der Waals surface area contributed by atoms with Gasteiger partial charge in [0, 0.05) is 30.5 Å². The molecule has 0 N–H and O–H groups in total. The fourth-order valence-corrected chi connectivity index (χ4v) is 14.1. The smallest absolute Gasteiger partial charge is 0.0774 e. The molecular weight excluding hydrogens is 1080 g/mol. The summed E-state index contributed by atoms with van der Waals surface area (Å²) in [5.74, 6) is 9.56. The molecule has 0 aliphatic carbocycles. The first-order chi connectivity index (χ1) is 32.3. The number of rotatable bonds is 10. The monoisotopic (exact) mass is 1150 g/mol. The molecule has 3 heterocycles. The predicted octanol–water partition coefficient (Wildman–Crippen LogP) is 17.0. The van der Waals surface area contributed by atoms with Crippen molar-refractivity contribution in [2.24, 2.45) is 5.92 Å². The van der Waals surface area contributed by atoms with Crippen LogP contribution < -0.4 is 4.40 Å². The summed E-state index contributed by atoms with van der Waals surface area (Å²) in [4.78, 5) is 10.1. The number of hydrogen-bond acceptors (Lipinski definition) is 3. The zero-order valence-electron chi connectivity index (χ0n) is 41.0. The molecule has 0 saturated heterocycles. The number of aromatic nitrogens is 3. The van der Waals surface area contributed by atoms with E-state index in [4.69, 9.17) is 9.97 Å². The summed E-state index contributed by atoms with van der Waals surface area (Å²) in [5, 5.41) is 2.59. The van der Waals surface area contributed by atoms with Gasteiger partial charge < -0.3 is 4.57 Å². The van der Waals surface area contributed by atoms with Crippen molar-refractivity contribution in [1.29, 1.82) is 0 Å². The third-order valence-corrected chi connectivity index (χ3v) is 18.3. The van der Waals surface area contributed by atoms with Gasteiger partial charge in [-0.15, -0.1) is 17.7 Å². The fraction of sp³-hybridized carbons (Fsp3) is 0.226. The summed E-state index contributed by atoms with van der Waals surface area (Å²) in [6, 6.07) is 61.2. The molecule has 0 unspecified atom stereocenters. The van der Waals surface area contributed by atoms with Crippen LogP contribution in [0.2, 0.25) is 17.3 Å². The van der Waals surface area contributed by atoms with Gasteiger partial charge in [-0.25, -0.2) is 0 Å². The first-order valence-electron chi connectivity index (χ1n) is 23.9. The summed E-state index contributed by atoms with van der Waals surface area (Å²) in [6.45, 7) is 16.0. The molecule has 3 nitrogen and oxygen atoms in total. The van der Waals surface area contributed by atoms with Crippen LogP contribution in [0, 0.1) is 25.0 Å². The summed E-state index contributed by atoms with van der Waals surface area (Å²) >= 11 is -0.00195. The number of fused-ring (bicyclic) bond motifs is 4. The number of para-hydroxylation sites is 2. The van der Waals surface area contributed by atoms with Gasteiger partial charge in [-0.1, -0.05) is 130 Å². The van der Waals surface area contributed by atoms with Gasteiger partial charge in [0.15, 0.2) is 0 Å². The SMILES string of the molecule is CC(C)Cc1cc(-c2[c-]cccc2)nc[c]1[Ge]([CH3])([CH3])[CH3].Cc1c[c-]c(-c2nc3ccccc3n2-c2c(C(C)C)cc(-c3ccccc3)cc2C(C)C)c2sc3cc(-c4ccccc4)ccc3c12.[Ir]. The summed E-state index contributed by atoms with van der Waals surface area (Å²) in [6.07, 6.45) is 3.27. The van der Waals surface area contributed by atoms with Gasteiger partial charge in [0.1, 0.15) is 0 Å². The molecule has 0 fully saturated rings. The normalized spacial score (nSPS) is 11.7. The van der Waals surface area contributed by atoms with E-state index in [1.54, 1.807) is 4.40 Å². The number of thiophene rings is 1. The van der Waals surface area contributed by atoms with Crippen LogP contribution in [0.25, 0.3) is 81.8 Å². The topological polar surface area (TPSA) is 30.7 Å². The van der Waals surface area contributed by atoms with Gasteiger partial charge in [0.2, 0.25) is 0 Å². The van der Waals surface area contributed by atoms with Gasteiger partial charge >= 0.3 is 126 Å². The van der Waals surface area contributed by atoms with E-state index >= 15 is 0 Å². The molecule has 0 bridgehead atoms. The standard InChI is InChI=1S/C44H37N2S.C18H24GeN.Ir/c1-27(2)36-24-33(31-16-10-7-11-17-31)25-37(28(3)4)42(36)46-39-19-13-12-18-38(39)45-44(46)35-22-20-29(5)41-34-23-21-32(26-40(34)47-43(35)41)30-14-8-6-9-15-30;1-14(2)11-16-12-18(15-9-7-6-8-10-15)20-13-17(16)19(3,4)5;/h6-21,23-28H,1-5H3;6-9,12-14H,11H2,1-5H3;/q2*-1;. The summed E-state index contributed by atoms with van der Waals surface area (Å²) in [7, 11) is 0. The van der Waals surface area contributed by atoms with Gasteiger partial charge in [-0.05, 0) is 85.6 Å². The summed E-state index contributed by atoms with van der Waals surface area (Å²) in [5.41, 5.74) is 16.9. The van der Waals surface area contributed by atoms with E-state index < -0.39 is 13.3 Å². The van der Waals surface area contributed by atoms with Gasteiger partial charge in [-0.3, -0.25) is 4.98 Å². The number of nitrogens with zero attached hydrogens (tertiary/aromatic N) is 3. The van der Waals surface area contributed by atoms with Gasteiger partial charge in [0.25, 0.3) is 0 Å². The maximum atomic E-state index is 5.39. The maximum absolute atomic E-state index is 5.39. The van der Waals surface area contributed by atoms with Crippen LogP contribution in [0.5, 0.6) is 0 Å². The molecule has 0 aliphatic heterocycles. The van der Waals surface area contributed by atoms with E-state index in [1.165, 1.54) is 70.4 Å². The van der Waals surface area contributed by atoms with E-state index in [9.17, 15) is 0 Å². The Morgan fingerprint density at radius 2 is 1.29 bits per heavy atom. The van der Waals surface area contributed by atoms with E-state index in [2.05, 4.69) is 222 Å². The Morgan fingerprint density at radius 1 is 0.662 bits per heavy atom. The number of imidazole rings is 1. The van der Waals surface area contributed by atoms with E-state index in [0.29, 0.717) is 17.8 Å². The quantitative estimate of drug-likeness (QED) is 0.101. The molecule has 345 valence electrons. The predicted molar refractivity (Wildman–Crippen MR) is 292 cm³/mol. The van der Waals surface area contributed by atoms with Crippen LogP contribution in [-0.2, 0) is 26.5 Å².